The van der Waals surface area contributed by atoms with Crippen LogP contribution in [0.4, 0.5) is 5.69 Å². The lowest BCUT2D eigenvalue weighted by Gasteiger charge is -2.37. The minimum absolute atomic E-state index is 0.0730. The van der Waals surface area contributed by atoms with Gasteiger partial charge in [-0.1, -0.05) is 13.8 Å². The van der Waals surface area contributed by atoms with Crippen molar-refractivity contribution >= 4 is 15.7 Å². The molecular formula is C15H22N2O2S. The van der Waals surface area contributed by atoms with E-state index in [9.17, 15) is 8.42 Å². The van der Waals surface area contributed by atoms with E-state index >= 15 is 0 Å². The largest absolute Gasteiger partial charge is 0.384 e. The summed E-state index contributed by atoms with van der Waals surface area (Å²) in [6.45, 7) is 6.43. The average molecular weight is 294 g/mol. The van der Waals surface area contributed by atoms with Crippen molar-refractivity contribution in [2.24, 2.45) is 5.41 Å². The molecule has 1 fully saturated rings. The summed E-state index contributed by atoms with van der Waals surface area (Å²) in [7, 11) is -3.35. The molecular weight excluding hydrogens is 272 g/mol. The third-order valence-corrected chi connectivity index (χ3v) is 6.13. The Bertz CT molecular complexity index is 623. The molecule has 1 N–H and O–H groups in total. The van der Waals surface area contributed by atoms with Crippen LogP contribution in [0.3, 0.4) is 0 Å². The smallest absolute Gasteiger partial charge is 0.243 e. The molecule has 5 heteroatoms. The lowest BCUT2D eigenvalue weighted by molar-refractivity contribution is 0.187. The molecule has 0 saturated carbocycles. The van der Waals surface area contributed by atoms with E-state index in [2.05, 4.69) is 19.2 Å². The second kappa shape index (κ2) is 4.74. The summed E-state index contributed by atoms with van der Waals surface area (Å²) in [4.78, 5) is 0.442. The zero-order valence-electron chi connectivity index (χ0n) is 12.1. The van der Waals surface area contributed by atoms with Crippen molar-refractivity contribution in [3.05, 3.63) is 23.8 Å². The fourth-order valence-corrected chi connectivity index (χ4v) is 4.88. The van der Waals surface area contributed by atoms with E-state index < -0.39 is 10.0 Å². The molecule has 0 radical (unpaired) electrons. The monoisotopic (exact) mass is 294 g/mol. The Kier molecular flexibility index (Phi) is 3.29. The van der Waals surface area contributed by atoms with Gasteiger partial charge in [0.2, 0.25) is 10.0 Å². The Balaban J connectivity index is 1.92. The maximum absolute atomic E-state index is 12.8. The minimum atomic E-state index is -3.35. The number of piperidine rings is 1. The van der Waals surface area contributed by atoms with Gasteiger partial charge in [-0.2, -0.15) is 4.31 Å². The second-order valence-corrected chi connectivity index (χ2v) is 8.54. The van der Waals surface area contributed by atoms with Gasteiger partial charge in [-0.15, -0.1) is 0 Å². The fourth-order valence-electron chi connectivity index (χ4n) is 3.17. The van der Waals surface area contributed by atoms with Crippen LogP contribution in [-0.4, -0.2) is 32.4 Å². The van der Waals surface area contributed by atoms with Crippen molar-refractivity contribution in [1.82, 2.24) is 4.31 Å². The van der Waals surface area contributed by atoms with Gasteiger partial charge in [0.15, 0.2) is 0 Å². The SMILES string of the molecule is CC1(C)CCCN(S(=O)(=O)c2ccc3c(c2)CCN3)C1. The summed E-state index contributed by atoms with van der Waals surface area (Å²) in [5.41, 5.74) is 2.26. The molecule has 1 saturated heterocycles. The van der Waals surface area contributed by atoms with Crippen LogP contribution >= 0.6 is 0 Å². The molecule has 2 heterocycles. The molecule has 2 aliphatic heterocycles. The Hall–Kier alpha value is -1.07. The molecule has 0 bridgehead atoms. The molecule has 0 unspecified atom stereocenters. The molecule has 2 aliphatic rings. The molecule has 0 aromatic heterocycles. The fraction of sp³-hybridized carbons (Fsp3) is 0.600. The van der Waals surface area contributed by atoms with E-state index in [-0.39, 0.29) is 5.41 Å². The van der Waals surface area contributed by atoms with Crippen LogP contribution in [0.15, 0.2) is 23.1 Å². The number of benzene rings is 1. The normalized spacial score (nSPS) is 22.3. The van der Waals surface area contributed by atoms with Gasteiger partial charge in [-0.05, 0) is 48.4 Å². The average Bonchev–Trinajstić information content (AvgIpc) is 2.84. The Morgan fingerprint density at radius 2 is 2.10 bits per heavy atom. The summed E-state index contributed by atoms with van der Waals surface area (Å²) < 4.78 is 27.2. The first-order valence-corrected chi connectivity index (χ1v) is 8.69. The first-order valence-electron chi connectivity index (χ1n) is 7.25. The van der Waals surface area contributed by atoms with Gasteiger partial charge in [0.25, 0.3) is 0 Å². The zero-order chi connectivity index (χ0) is 14.4. The lowest BCUT2D eigenvalue weighted by atomic mass is 9.85. The first-order chi connectivity index (χ1) is 9.38. The summed E-state index contributed by atoms with van der Waals surface area (Å²) in [6, 6.07) is 5.46. The molecule has 0 aliphatic carbocycles. The van der Waals surface area contributed by atoms with Crippen molar-refractivity contribution < 1.29 is 8.42 Å². The van der Waals surface area contributed by atoms with Crippen LogP contribution < -0.4 is 5.32 Å². The van der Waals surface area contributed by atoms with Crippen LogP contribution in [0, 0.1) is 5.41 Å². The van der Waals surface area contributed by atoms with Crippen molar-refractivity contribution in [3.63, 3.8) is 0 Å². The summed E-state index contributed by atoms with van der Waals surface area (Å²) in [5, 5.41) is 3.26. The Labute approximate surface area is 121 Å². The standard InChI is InChI=1S/C15H22N2O2S/c1-15(2)7-3-9-17(11-15)20(18,19)13-4-5-14-12(10-13)6-8-16-14/h4-5,10,16H,3,6-9,11H2,1-2H3. The van der Waals surface area contributed by atoms with Gasteiger partial charge < -0.3 is 5.32 Å². The number of anilines is 1. The maximum atomic E-state index is 12.8. The first kappa shape index (κ1) is 13.9. The molecule has 0 amide bonds. The Morgan fingerprint density at radius 1 is 1.30 bits per heavy atom. The van der Waals surface area contributed by atoms with Crippen LogP contribution in [0.1, 0.15) is 32.3 Å². The molecule has 20 heavy (non-hydrogen) atoms. The zero-order valence-corrected chi connectivity index (χ0v) is 13.0. The summed E-state index contributed by atoms with van der Waals surface area (Å²) in [6.07, 6.45) is 2.94. The molecule has 1 aromatic carbocycles. The minimum Gasteiger partial charge on any atom is -0.384 e. The van der Waals surface area contributed by atoms with Crippen LogP contribution in [0.2, 0.25) is 0 Å². The van der Waals surface area contributed by atoms with Crippen molar-refractivity contribution in [3.8, 4) is 0 Å². The van der Waals surface area contributed by atoms with Gasteiger partial charge in [0.05, 0.1) is 4.90 Å². The van der Waals surface area contributed by atoms with Crippen LogP contribution in [0.25, 0.3) is 0 Å². The third-order valence-electron chi connectivity index (χ3n) is 4.29. The second-order valence-electron chi connectivity index (χ2n) is 6.60. The van der Waals surface area contributed by atoms with Gasteiger partial charge in [-0.25, -0.2) is 8.42 Å². The molecule has 4 nitrogen and oxygen atoms in total. The molecule has 3 rings (SSSR count). The number of nitrogens with one attached hydrogen (secondary N) is 1. The van der Waals surface area contributed by atoms with Crippen LogP contribution in [-0.2, 0) is 16.4 Å². The number of rotatable bonds is 2. The van der Waals surface area contributed by atoms with Gasteiger partial charge in [0, 0.05) is 25.3 Å². The maximum Gasteiger partial charge on any atom is 0.243 e. The number of hydrogen-bond donors (Lipinski definition) is 1. The van der Waals surface area contributed by atoms with E-state index in [0.29, 0.717) is 18.0 Å². The number of fused-ring (bicyclic) bond motifs is 1. The van der Waals surface area contributed by atoms with Gasteiger partial charge in [-0.3, -0.25) is 0 Å². The molecule has 0 spiro atoms. The van der Waals surface area contributed by atoms with E-state index in [1.54, 1.807) is 10.4 Å². The predicted molar refractivity (Wildman–Crippen MR) is 80.4 cm³/mol. The predicted octanol–water partition coefficient (Wildman–Crippen LogP) is 2.47. The Morgan fingerprint density at radius 3 is 2.85 bits per heavy atom. The summed E-state index contributed by atoms with van der Waals surface area (Å²) >= 11 is 0. The van der Waals surface area contributed by atoms with Gasteiger partial charge in [0.1, 0.15) is 0 Å². The topological polar surface area (TPSA) is 49.4 Å². The number of sulfonamides is 1. The van der Waals surface area contributed by atoms with E-state index in [0.717, 1.165) is 37.1 Å². The number of hydrogen-bond acceptors (Lipinski definition) is 3. The molecule has 0 atom stereocenters. The molecule has 110 valence electrons. The highest BCUT2D eigenvalue weighted by Crippen LogP contribution is 2.33. The highest BCUT2D eigenvalue weighted by atomic mass is 32.2. The quantitative estimate of drug-likeness (QED) is 0.911. The highest BCUT2D eigenvalue weighted by molar-refractivity contribution is 7.89. The van der Waals surface area contributed by atoms with Crippen LogP contribution in [0.5, 0.6) is 0 Å². The highest BCUT2D eigenvalue weighted by Gasteiger charge is 2.34. The third kappa shape index (κ3) is 2.44. The van der Waals surface area contributed by atoms with Crippen molar-refractivity contribution in [1.29, 1.82) is 0 Å². The van der Waals surface area contributed by atoms with E-state index in [4.69, 9.17) is 0 Å². The summed E-state index contributed by atoms with van der Waals surface area (Å²) in [5.74, 6) is 0. The number of nitrogens with zero attached hydrogens (tertiary/aromatic N) is 1. The van der Waals surface area contributed by atoms with E-state index in [1.807, 2.05) is 12.1 Å². The van der Waals surface area contributed by atoms with E-state index in [1.165, 1.54) is 0 Å². The van der Waals surface area contributed by atoms with Crippen molar-refractivity contribution in [2.45, 2.75) is 38.0 Å². The molecule has 1 aromatic rings. The lowest BCUT2D eigenvalue weighted by Crippen LogP contribution is -2.43. The van der Waals surface area contributed by atoms with Crippen molar-refractivity contribution in [2.75, 3.05) is 25.0 Å². The van der Waals surface area contributed by atoms with Gasteiger partial charge >= 0.3 is 0 Å².